The highest BCUT2D eigenvalue weighted by Crippen LogP contribution is 2.31. The molecule has 182 valence electrons. The summed E-state index contributed by atoms with van der Waals surface area (Å²) in [7, 11) is 3.63. The van der Waals surface area contributed by atoms with Gasteiger partial charge >= 0.3 is 0 Å². The van der Waals surface area contributed by atoms with Crippen LogP contribution in [0.4, 0.5) is 0 Å². The Hall–Kier alpha value is -1.06. The first-order chi connectivity index (χ1) is 15.1. The minimum atomic E-state index is 0. The molecule has 0 saturated carbocycles. The number of benzene rings is 1. The van der Waals surface area contributed by atoms with Gasteiger partial charge in [0.15, 0.2) is 5.96 Å². The van der Waals surface area contributed by atoms with Crippen LogP contribution in [0.15, 0.2) is 29.3 Å². The number of hydrogen-bond acceptors (Lipinski definition) is 4. The summed E-state index contributed by atoms with van der Waals surface area (Å²) in [5.74, 6) is 3.30. The summed E-state index contributed by atoms with van der Waals surface area (Å²) in [4.78, 5) is 9.70. The molecule has 0 radical (unpaired) electrons. The van der Waals surface area contributed by atoms with Crippen molar-refractivity contribution in [1.29, 1.82) is 0 Å². The molecule has 0 aromatic heterocycles. The number of guanidine groups is 1. The highest BCUT2D eigenvalue weighted by Gasteiger charge is 2.26. The number of nitrogens with one attached hydrogen (secondary N) is 2. The number of ether oxygens (including phenoxy) is 1. The molecule has 0 amide bonds. The molecule has 2 saturated heterocycles. The van der Waals surface area contributed by atoms with Crippen LogP contribution in [0.5, 0.6) is 5.75 Å². The van der Waals surface area contributed by atoms with E-state index >= 15 is 0 Å². The minimum absolute atomic E-state index is 0. The van der Waals surface area contributed by atoms with E-state index in [4.69, 9.17) is 4.74 Å². The largest absolute Gasteiger partial charge is 0.496 e. The molecule has 6 nitrogen and oxygen atoms in total. The van der Waals surface area contributed by atoms with Gasteiger partial charge in [-0.15, -0.1) is 24.0 Å². The number of hydrogen-bond donors (Lipinski definition) is 2. The lowest BCUT2D eigenvalue weighted by Crippen LogP contribution is -2.46. The highest BCUT2D eigenvalue weighted by atomic mass is 127. The molecule has 7 heteroatoms. The molecule has 2 aliphatic heterocycles. The van der Waals surface area contributed by atoms with Crippen molar-refractivity contribution in [3.8, 4) is 5.75 Å². The molecule has 3 rings (SSSR count). The number of methoxy groups -OCH3 is 1. The third-order valence-electron chi connectivity index (χ3n) is 6.55. The fraction of sp³-hybridized carbons (Fsp3) is 0.720. The summed E-state index contributed by atoms with van der Waals surface area (Å²) in [6.07, 6.45) is 5.15. The van der Waals surface area contributed by atoms with Gasteiger partial charge in [-0.05, 0) is 63.2 Å². The fourth-order valence-electron chi connectivity index (χ4n) is 5.09. The molecule has 1 aromatic rings. The van der Waals surface area contributed by atoms with Crippen molar-refractivity contribution in [2.75, 3.05) is 60.0 Å². The molecular weight excluding hydrogens is 513 g/mol. The smallest absolute Gasteiger partial charge is 0.191 e. The van der Waals surface area contributed by atoms with Gasteiger partial charge in [-0.1, -0.05) is 32.0 Å². The Bertz CT molecular complexity index is 693. The Labute approximate surface area is 212 Å². The van der Waals surface area contributed by atoms with Crippen molar-refractivity contribution >= 4 is 29.9 Å². The molecule has 2 heterocycles. The number of likely N-dealkylation sites (tertiary alicyclic amines) is 2. The van der Waals surface area contributed by atoms with E-state index in [1.54, 1.807) is 7.11 Å². The van der Waals surface area contributed by atoms with Crippen LogP contribution in [0, 0.1) is 11.8 Å². The van der Waals surface area contributed by atoms with Gasteiger partial charge in [0.25, 0.3) is 0 Å². The van der Waals surface area contributed by atoms with Crippen molar-refractivity contribution in [2.45, 2.75) is 45.6 Å². The number of halogens is 1. The first-order valence-corrected chi connectivity index (χ1v) is 12.1. The van der Waals surface area contributed by atoms with E-state index in [1.807, 2.05) is 13.1 Å². The van der Waals surface area contributed by atoms with Crippen molar-refractivity contribution < 1.29 is 4.74 Å². The first kappa shape index (κ1) is 27.2. The average Bonchev–Trinajstić information content (AvgIpc) is 3.30. The van der Waals surface area contributed by atoms with Gasteiger partial charge in [0.2, 0.25) is 0 Å². The highest BCUT2D eigenvalue weighted by molar-refractivity contribution is 14.0. The molecule has 2 unspecified atom stereocenters. The molecule has 0 spiro atoms. The molecule has 32 heavy (non-hydrogen) atoms. The van der Waals surface area contributed by atoms with Crippen LogP contribution >= 0.6 is 24.0 Å². The Balaban J connectivity index is 0.00000363. The summed E-state index contributed by atoms with van der Waals surface area (Å²) >= 11 is 0. The van der Waals surface area contributed by atoms with E-state index in [-0.39, 0.29) is 30.0 Å². The minimum Gasteiger partial charge on any atom is -0.496 e. The molecule has 2 aliphatic rings. The van der Waals surface area contributed by atoms with Crippen LogP contribution in [0.2, 0.25) is 0 Å². The van der Waals surface area contributed by atoms with Crippen LogP contribution in [0.25, 0.3) is 0 Å². The lowest BCUT2D eigenvalue weighted by Gasteiger charge is -2.34. The van der Waals surface area contributed by atoms with Crippen molar-refractivity contribution in [3.63, 3.8) is 0 Å². The van der Waals surface area contributed by atoms with Crippen molar-refractivity contribution in [3.05, 3.63) is 29.8 Å². The van der Waals surface area contributed by atoms with Gasteiger partial charge < -0.3 is 20.3 Å². The summed E-state index contributed by atoms with van der Waals surface area (Å²) in [6, 6.07) is 8.71. The van der Waals surface area contributed by atoms with Crippen LogP contribution in [-0.4, -0.2) is 75.7 Å². The second-order valence-electron chi connectivity index (χ2n) is 9.50. The monoisotopic (exact) mass is 557 g/mol. The zero-order valence-electron chi connectivity index (χ0n) is 20.5. The molecule has 2 atom stereocenters. The molecular formula is C25H44IN5O. The zero-order valence-corrected chi connectivity index (χ0v) is 22.8. The van der Waals surface area contributed by atoms with Gasteiger partial charge in [0.05, 0.1) is 13.2 Å². The Morgan fingerprint density at radius 2 is 1.88 bits per heavy atom. The van der Waals surface area contributed by atoms with E-state index in [0.29, 0.717) is 5.92 Å². The molecule has 2 fully saturated rings. The Morgan fingerprint density at radius 3 is 2.56 bits per heavy atom. The SMILES string of the molecule is CN=C(NCC1CCCN(CC(C)C)C1)NCC(c1ccccc1OC)N1CCCC1.I. The van der Waals surface area contributed by atoms with Gasteiger partial charge in [0, 0.05) is 38.8 Å². The predicted octanol–water partition coefficient (Wildman–Crippen LogP) is 3.98. The Morgan fingerprint density at radius 1 is 1.12 bits per heavy atom. The van der Waals surface area contributed by atoms with Crippen LogP contribution in [0.3, 0.4) is 0 Å². The summed E-state index contributed by atoms with van der Waals surface area (Å²) < 4.78 is 5.68. The average molecular weight is 558 g/mol. The van der Waals surface area contributed by atoms with E-state index < -0.39 is 0 Å². The number of para-hydroxylation sites is 1. The molecule has 0 bridgehead atoms. The third-order valence-corrected chi connectivity index (χ3v) is 6.55. The van der Waals surface area contributed by atoms with Gasteiger partial charge in [-0.25, -0.2) is 0 Å². The zero-order chi connectivity index (χ0) is 22.1. The van der Waals surface area contributed by atoms with Gasteiger partial charge in [0.1, 0.15) is 5.75 Å². The van der Waals surface area contributed by atoms with Crippen LogP contribution in [-0.2, 0) is 0 Å². The van der Waals surface area contributed by atoms with Gasteiger partial charge in [-0.2, -0.15) is 0 Å². The van der Waals surface area contributed by atoms with Crippen LogP contribution < -0.4 is 15.4 Å². The molecule has 0 aliphatic carbocycles. The summed E-state index contributed by atoms with van der Waals surface area (Å²) in [6.45, 7) is 12.4. The maximum atomic E-state index is 5.68. The second-order valence-corrected chi connectivity index (χ2v) is 9.50. The fourth-order valence-corrected chi connectivity index (χ4v) is 5.09. The first-order valence-electron chi connectivity index (χ1n) is 12.1. The number of nitrogens with zero attached hydrogens (tertiary/aromatic N) is 3. The van der Waals surface area contributed by atoms with E-state index in [2.05, 4.69) is 57.5 Å². The quantitative estimate of drug-likeness (QED) is 0.273. The summed E-state index contributed by atoms with van der Waals surface area (Å²) in [5, 5.41) is 7.21. The standard InChI is InChI=1S/C25H43N5O.HI/c1-20(2)18-29-13-9-10-21(19-29)16-27-25(26-3)28-17-23(30-14-7-8-15-30)22-11-5-6-12-24(22)31-4;/h5-6,11-12,20-21,23H,7-10,13-19H2,1-4H3,(H2,26,27,28);1H. The predicted molar refractivity (Wildman–Crippen MR) is 145 cm³/mol. The summed E-state index contributed by atoms with van der Waals surface area (Å²) in [5.41, 5.74) is 1.26. The van der Waals surface area contributed by atoms with E-state index in [1.165, 1.54) is 50.9 Å². The number of aliphatic imine (C=N–C) groups is 1. The third kappa shape index (κ3) is 8.06. The lowest BCUT2D eigenvalue weighted by molar-refractivity contribution is 0.159. The second kappa shape index (κ2) is 14.3. The molecule has 1 aromatic carbocycles. The normalized spacial score (nSPS) is 21.3. The number of piperidine rings is 1. The number of rotatable bonds is 9. The van der Waals surface area contributed by atoms with Crippen LogP contribution in [0.1, 0.15) is 51.1 Å². The van der Waals surface area contributed by atoms with Gasteiger partial charge in [-0.3, -0.25) is 9.89 Å². The van der Waals surface area contributed by atoms with E-state index in [0.717, 1.165) is 43.8 Å². The van der Waals surface area contributed by atoms with Crippen molar-refractivity contribution in [1.82, 2.24) is 20.4 Å². The maximum Gasteiger partial charge on any atom is 0.191 e. The van der Waals surface area contributed by atoms with Crippen molar-refractivity contribution in [2.24, 2.45) is 16.8 Å². The maximum absolute atomic E-state index is 5.68. The lowest BCUT2D eigenvalue weighted by atomic mass is 9.97. The topological polar surface area (TPSA) is 52.1 Å². The Kier molecular flexibility index (Phi) is 12.1. The van der Waals surface area contributed by atoms with E-state index in [9.17, 15) is 0 Å². The molecule has 2 N–H and O–H groups in total.